The number of hydrogen-bond acceptors (Lipinski definition) is 1. The molecular formula is C25H34FeN2-6. The fourth-order valence-electron chi connectivity index (χ4n) is 3.09. The Balaban J connectivity index is 0.000000567. The zero-order chi connectivity index (χ0) is 19.0. The monoisotopic (exact) mass is 418 g/mol. The quantitative estimate of drug-likeness (QED) is 0.139. The second kappa shape index (κ2) is 16.2. The van der Waals surface area contributed by atoms with Gasteiger partial charge in [-0.25, -0.2) is 0 Å². The molecule has 3 rings (SSSR count). The van der Waals surface area contributed by atoms with E-state index in [2.05, 4.69) is 52.9 Å². The summed E-state index contributed by atoms with van der Waals surface area (Å²) in [7, 11) is 0. The van der Waals surface area contributed by atoms with Crippen LogP contribution in [0.5, 0.6) is 0 Å². The first-order chi connectivity index (χ1) is 13.4. The Morgan fingerprint density at radius 2 is 1.50 bits per heavy atom. The standard InChI is InChI=1S/C20H29N2.C5H5.Fe/c1-2-3-4-5-6-7-8-9-10-11-16-20-21-17-18-22(20)19-14-12-13-15-19;1-2-4-5-3-1;/h9-10,12-15,17-18H,2-8,11,16H2,1H3;1-5H;/q-1;-5;. The maximum atomic E-state index is 4.48. The third-order valence-electron chi connectivity index (χ3n) is 4.62. The van der Waals surface area contributed by atoms with E-state index >= 15 is 0 Å². The van der Waals surface area contributed by atoms with Crippen LogP contribution >= 0.6 is 0 Å². The molecule has 158 valence electrons. The van der Waals surface area contributed by atoms with Crippen LogP contribution in [0.2, 0.25) is 0 Å². The Kier molecular flexibility index (Phi) is 14.0. The molecule has 2 nitrogen and oxygen atoms in total. The summed E-state index contributed by atoms with van der Waals surface area (Å²) in [6.45, 7) is 2.27. The van der Waals surface area contributed by atoms with Crippen LogP contribution in [0.1, 0.15) is 64.1 Å². The minimum Gasteiger partial charge on any atom is -0.748 e. The fourth-order valence-corrected chi connectivity index (χ4v) is 3.09. The molecule has 0 bridgehead atoms. The summed E-state index contributed by atoms with van der Waals surface area (Å²) in [5, 5.41) is 0. The summed E-state index contributed by atoms with van der Waals surface area (Å²) in [5.74, 6) is 1.15. The number of unbranched alkanes of at least 4 members (excludes halogenated alkanes) is 6. The number of rotatable bonds is 11. The Labute approximate surface area is 181 Å². The van der Waals surface area contributed by atoms with Crippen molar-refractivity contribution < 1.29 is 17.1 Å². The van der Waals surface area contributed by atoms with Gasteiger partial charge in [0.1, 0.15) is 0 Å². The van der Waals surface area contributed by atoms with Gasteiger partial charge in [0.05, 0.1) is 0 Å². The topological polar surface area (TPSA) is 17.8 Å². The van der Waals surface area contributed by atoms with E-state index < -0.39 is 0 Å². The molecule has 2 aromatic carbocycles. The van der Waals surface area contributed by atoms with Crippen LogP contribution in [0.15, 0.2) is 79.1 Å². The van der Waals surface area contributed by atoms with E-state index in [1.165, 1.54) is 50.6 Å². The number of aryl methyl sites for hydroxylation is 1. The molecule has 1 aromatic heterocycles. The number of allylic oxidation sites excluding steroid dienone is 2. The first kappa shape index (κ1) is 24.2. The van der Waals surface area contributed by atoms with E-state index in [4.69, 9.17) is 0 Å². The summed E-state index contributed by atoms with van der Waals surface area (Å²) in [6, 6.07) is 18.4. The summed E-state index contributed by atoms with van der Waals surface area (Å²) >= 11 is 0. The van der Waals surface area contributed by atoms with E-state index in [0.717, 1.165) is 18.7 Å². The molecule has 0 atom stereocenters. The van der Waals surface area contributed by atoms with Crippen LogP contribution < -0.4 is 0 Å². The molecular weight excluding hydrogens is 384 g/mol. The maximum Gasteiger partial charge on any atom is 0.0481 e. The second-order valence-corrected chi connectivity index (χ2v) is 6.89. The van der Waals surface area contributed by atoms with Crippen LogP contribution in [0, 0.1) is 0 Å². The molecule has 28 heavy (non-hydrogen) atoms. The van der Waals surface area contributed by atoms with Crippen LogP contribution in [-0.2, 0) is 23.5 Å². The first-order valence-electron chi connectivity index (χ1n) is 10.5. The van der Waals surface area contributed by atoms with Crippen molar-refractivity contribution in [2.24, 2.45) is 0 Å². The molecule has 0 fully saturated rings. The number of imidazole rings is 1. The predicted octanol–water partition coefficient (Wildman–Crippen LogP) is 7.23. The first-order valence-corrected chi connectivity index (χ1v) is 10.5. The van der Waals surface area contributed by atoms with Crippen molar-refractivity contribution in [3.8, 4) is 5.69 Å². The predicted molar refractivity (Wildman–Crippen MR) is 117 cm³/mol. The average Bonchev–Trinajstić information content (AvgIpc) is 3.45. The molecule has 0 spiro atoms. The summed E-state index contributed by atoms with van der Waals surface area (Å²) < 4.78 is 2.18. The molecule has 0 aliphatic heterocycles. The third kappa shape index (κ3) is 9.92. The van der Waals surface area contributed by atoms with E-state index in [9.17, 15) is 0 Å². The third-order valence-corrected chi connectivity index (χ3v) is 4.62. The Morgan fingerprint density at radius 3 is 2.18 bits per heavy atom. The van der Waals surface area contributed by atoms with Crippen LogP contribution in [0.3, 0.4) is 0 Å². The van der Waals surface area contributed by atoms with Crippen LogP contribution in [0.25, 0.3) is 5.69 Å². The average molecular weight is 418 g/mol. The number of hydrogen-bond donors (Lipinski definition) is 0. The molecule has 0 saturated carbocycles. The van der Waals surface area contributed by atoms with Crippen molar-refractivity contribution >= 4 is 0 Å². The zero-order valence-electron chi connectivity index (χ0n) is 17.1. The number of nitrogens with zero attached hydrogens (tertiary/aromatic N) is 2. The summed E-state index contributed by atoms with van der Waals surface area (Å²) in [6.07, 6.45) is 20.2. The van der Waals surface area contributed by atoms with E-state index in [0.29, 0.717) is 0 Å². The van der Waals surface area contributed by atoms with Crippen molar-refractivity contribution in [3.63, 3.8) is 0 Å². The maximum absolute atomic E-state index is 4.48. The molecule has 0 unspecified atom stereocenters. The molecule has 1 heterocycles. The van der Waals surface area contributed by atoms with Gasteiger partial charge in [0.2, 0.25) is 0 Å². The van der Waals surface area contributed by atoms with Gasteiger partial charge in [-0.05, 0) is 37.6 Å². The van der Waals surface area contributed by atoms with Gasteiger partial charge in [-0.2, -0.15) is 12.1 Å². The molecule has 0 amide bonds. The van der Waals surface area contributed by atoms with Crippen LogP contribution in [0.4, 0.5) is 0 Å². The van der Waals surface area contributed by atoms with Crippen LogP contribution in [-0.4, -0.2) is 9.55 Å². The molecule has 0 aliphatic rings. The van der Waals surface area contributed by atoms with Gasteiger partial charge in [0, 0.05) is 29.1 Å². The molecule has 0 N–H and O–H groups in total. The van der Waals surface area contributed by atoms with Gasteiger partial charge in [-0.15, -0.1) is 12.1 Å². The van der Waals surface area contributed by atoms with Crippen molar-refractivity contribution in [1.29, 1.82) is 0 Å². The minimum absolute atomic E-state index is 0. The smallest absolute Gasteiger partial charge is 0.0481 e. The molecule has 3 heteroatoms. The Morgan fingerprint density at radius 1 is 0.893 bits per heavy atom. The summed E-state index contributed by atoms with van der Waals surface area (Å²) in [5.41, 5.74) is 1.21. The fraction of sp³-hybridized carbons (Fsp3) is 0.400. The Hall–Kier alpha value is -1.83. The zero-order valence-corrected chi connectivity index (χ0v) is 18.2. The Bertz CT molecular complexity index is 676. The van der Waals surface area contributed by atoms with Gasteiger partial charge < -0.3 is 34.9 Å². The molecule has 0 radical (unpaired) electrons. The van der Waals surface area contributed by atoms with E-state index in [-0.39, 0.29) is 17.1 Å². The van der Waals surface area contributed by atoms with Gasteiger partial charge in [-0.3, -0.25) is 4.98 Å². The largest absolute Gasteiger partial charge is 0.748 e. The van der Waals surface area contributed by atoms with Gasteiger partial charge in [-0.1, -0.05) is 51.2 Å². The SMILES string of the molecule is CCCCCCCCC=CCCc1nccn1-[c-]1cccc1.[Fe].[cH-]1[cH-][cH-][cH-][cH-]1. The second-order valence-electron chi connectivity index (χ2n) is 6.89. The molecule has 0 saturated heterocycles. The van der Waals surface area contributed by atoms with E-state index in [1.807, 2.05) is 42.7 Å². The molecule has 3 aromatic rings. The normalized spacial score (nSPS) is 10.5. The van der Waals surface area contributed by atoms with Crippen molar-refractivity contribution in [1.82, 2.24) is 9.55 Å². The van der Waals surface area contributed by atoms with Gasteiger partial charge in [0.15, 0.2) is 0 Å². The molecule has 0 aliphatic carbocycles. The van der Waals surface area contributed by atoms with Gasteiger partial charge in [0.25, 0.3) is 0 Å². The van der Waals surface area contributed by atoms with Crippen molar-refractivity contribution in [2.45, 2.75) is 64.7 Å². The van der Waals surface area contributed by atoms with E-state index in [1.54, 1.807) is 0 Å². The minimum atomic E-state index is 0. The van der Waals surface area contributed by atoms with Crippen molar-refractivity contribution in [2.75, 3.05) is 0 Å². The number of aromatic nitrogens is 2. The van der Waals surface area contributed by atoms with Crippen molar-refractivity contribution in [3.05, 3.63) is 85.0 Å². The van der Waals surface area contributed by atoms with Gasteiger partial charge >= 0.3 is 0 Å². The summed E-state index contributed by atoms with van der Waals surface area (Å²) in [4.78, 5) is 4.48.